The summed E-state index contributed by atoms with van der Waals surface area (Å²) >= 11 is 13.2. The number of para-hydroxylation sites is 2. The lowest BCUT2D eigenvalue weighted by atomic mass is 9.99. The van der Waals surface area contributed by atoms with Gasteiger partial charge in [-0.05, 0) is 49.9 Å². The van der Waals surface area contributed by atoms with E-state index in [1.54, 1.807) is 17.8 Å². The number of hydrogen-bond acceptors (Lipinski definition) is 14. The molecule has 20 heteroatoms. The van der Waals surface area contributed by atoms with Crippen LogP contribution in [-0.2, 0) is 49.9 Å². The highest BCUT2D eigenvalue weighted by Crippen LogP contribution is 2.39. The van der Waals surface area contributed by atoms with Crippen LogP contribution in [0.4, 0.5) is 0 Å². The molecular formula is C34H42Cl2N6O12. The molecule has 5 rings (SSSR count). The van der Waals surface area contributed by atoms with Gasteiger partial charge in [0.15, 0.2) is 18.1 Å². The minimum atomic E-state index is -1.60. The number of carbonyl (C=O) groups excluding carboxylic acids is 1. The number of rotatable bonds is 15. The Balaban J connectivity index is 0.00000155. The van der Waals surface area contributed by atoms with E-state index in [4.69, 9.17) is 67.9 Å². The lowest BCUT2D eigenvalue weighted by molar-refractivity contribution is -0.293. The number of carboxylic acids is 2. The van der Waals surface area contributed by atoms with Gasteiger partial charge < -0.3 is 54.8 Å². The zero-order valence-corrected chi connectivity index (χ0v) is 31.1. The predicted octanol–water partition coefficient (Wildman–Crippen LogP) is 1.96. The molecule has 294 valence electrons. The second kappa shape index (κ2) is 19.3. The van der Waals surface area contributed by atoms with Crippen LogP contribution in [0.15, 0.2) is 36.5 Å². The molecule has 7 N–H and O–H groups in total. The van der Waals surface area contributed by atoms with Crippen molar-refractivity contribution >= 4 is 52.1 Å². The average molecular weight is 798 g/mol. The van der Waals surface area contributed by atoms with E-state index in [0.717, 1.165) is 23.7 Å². The number of carbonyl (C=O) groups is 3. The smallest absolute Gasteiger partial charge is 0.339 e. The molecule has 2 aromatic heterocycles. The lowest BCUT2D eigenvalue weighted by Crippen LogP contribution is -2.60. The van der Waals surface area contributed by atoms with Crippen LogP contribution >= 0.6 is 23.2 Å². The number of aliphatic carboxylic acids is 2. The third-order valence-electron chi connectivity index (χ3n) is 8.41. The second-order valence-corrected chi connectivity index (χ2v) is 13.1. The Labute approximate surface area is 318 Å². The van der Waals surface area contributed by atoms with Gasteiger partial charge in [0.1, 0.15) is 36.8 Å². The van der Waals surface area contributed by atoms with Crippen LogP contribution in [0.5, 0.6) is 5.75 Å². The quantitative estimate of drug-likeness (QED) is 0.0939. The van der Waals surface area contributed by atoms with Gasteiger partial charge in [0, 0.05) is 33.3 Å². The van der Waals surface area contributed by atoms with E-state index in [1.165, 1.54) is 13.2 Å². The van der Waals surface area contributed by atoms with Crippen molar-refractivity contribution in [3.05, 3.63) is 69.2 Å². The number of fused-ring (bicyclic) bond motifs is 1. The van der Waals surface area contributed by atoms with E-state index >= 15 is 0 Å². The number of aryl methyl sites for hydroxylation is 3. The number of aliphatic hydroxyl groups is 3. The maximum absolute atomic E-state index is 13.2. The molecule has 0 amide bonds. The number of aromatic nitrogens is 5. The number of aliphatic hydroxyl groups excluding tert-OH is 3. The highest BCUT2D eigenvalue weighted by molar-refractivity contribution is 6.38. The molecule has 0 bridgehead atoms. The van der Waals surface area contributed by atoms with Crippen LogP contribution in [0.3, 0.4) is 0 Å². The Morgan fingerprint density at radius 3 is 2.48 bits per heavy atom. The van der Waals surface area contributed by atoms with Crippen molar-refractivity contribution in [3.63, 3.8) is 0 Å². The number of ether oxygens (including phenoxy) is 4. The van der Waals surface area contributed by atoms with Gasteiger partial charge in [0.25, 0.3) is 5.97 Å². The molecule has 0 spiro atoms. The standard InChI is InChI=1S/C32H38Cl2N6O10.C2H4O2/c1-16-18(31(46)50-29-27(43)26(42)23(14-41)49-32(29)47-2)12-19(33)28(25(16)34)48-15-24-36-21-7-3-4-8-22(21)40(24)10-5-6-17-13-39(38-37-17)11-9-20(35)30(44)45;1-2(3)4/h3-4,7-8,12-13,20,23,26-27,29,32,41-43H,5-6,9-11,14-15,35H2,1-2H3,(H,44,45);1H3,(H,3,4)/t20-,23+,26+,27-,29+,32-;/m0./s1. The topological polar surface area (TPSA) is 264 Å². The van der Waals surface area contributed by atoms with Gasteiger partial charge in [-0.1, -0.05) is 40.5 Å². The summed E-state index contributed by atoms with van der Waals surface area (Å²) in [4.78, 5) is 38.0. The average Bonchev–Trinajstić information content (AvgIpc) is 3.74. The molecule has 0 unspecified atom stereocenters. The first-order valence-electron chi connectivity index (χ1n) is 16.6. The van der Waals surface area contributed by atoms with E-state index in [2.05, 4.69) is 10.3 Å². The number of esters is 1. The van der Waals surface area contributed by atoms with Crippen molar-refractivity contribution in [2.75, 3.05) is 13.7 Å². The van der Waals surface area contributed by atoms with Gasteiger partial charge in [0.05, 0.1) is 38.9 Å². The minimum absolute atomic E-state index is 0.0115. The monoisotopic (exact) mass is 796 g/mol. The predicted molar refractivity (Wildman–Crippen MR) is 191 cm³/mol. The molecule has 54 heavy (non-hydrogen) atoms. The molecule has 0 saturated carbocycles. The Morgan fingerprint density at radius 1 is 1.11 bits per heavy atom. The van der Waals surface area contributed by atoms with Crippen molar-refractivity contribution < 1.29 is 58.9 Å². The fourth-order valence-corrected chi connectivity index (χ4v) is 6.16. The number of nitrogens with zero attached hydrogens (tertiary/aromatic N) is 5. The van der Waals surface area contributed by atoms with Crippen LogP contribution in [-0.4, -0.2) is 118 Å². The molecule has 1 aliphatic rings. The summed E-state index contributed by atoms with van der Waals surface area (Å²) in [5.41, 5.74) is 8.26. The van der Waals surface area contributed by atoms with Crippen molar-refractivity contribution in [1.82, 2.24) is 24.5 Å². The highest BCUT2D eigenvalue weighted by Gasteiger charge is 2.47. The van der Waals surface area contributed by atoms with E-state index in [1.807, 2.05) is 28.8 Å². The molecule has 2 aromatic carbocycles. The Kier molecular flexibility index (Phi) is 15.1. The summed E-state index contributed by atoms with van der Waals surface area (Å²) in [6.07, 6.45) is -3.66. The largest absolute Gasteiger partial charge is 0.483 e. The molecule has 1 aliphatic heterocycles. The summed E-state index contributed by atoms with van der Waals surface area (Å²) in [5, 5.41) is 55.0. The van der Waals surface area contributed by atoms with Gasteiger partial charge in [-0.15, -0.1) is 5.10 Å². The van der Waals surface area contributed by atoms with Crippen LogP contribution in [0, 0.1) is 6.92 Å². The number of nitrogens with two attached hydrogens (primary N) is 1. The highest BCUT2D eigenvalue weighted by atomic mass is 35.5. The van der Waals surface area contributed by atoms with Crippen LogP contribution in [0.1, 0.15) is 47.2 Å². The fourth-order valence-electron chi connectivity index (χ4n) is 5.59. The summed E-state index contributed by atoms with van der Waals surface area (Å²) in [7, 11) is 1.27. The van der Waals surface area contributed by atoms with Gasteiger partial charge in [0.2, 0.25) is 0 Å². The number of methoxy groups -OCH3 is 1. The van der Waals surface area contributed by atoms with Crippen molar-refractivity contribution in [3.8, 4) is 5.75 Å². The van der Waals surface area contributed by atoms with Crippen molar-refractivity contribution in [1.29, 1.82) is 0 Å². The maximum Gasteiger partial charge on any atom is 0.339 e. The first-order chi connectivity index (χ1) is 25.7. The minimum Gasteiger partial charge on any atom is -0.483 e. The lowest BCUT2D eigenvalue weighted by Gasteiger charge is -2.40. The Hall–Kier alpha value is -4.40. The maximum atomic E-state index is 13.2. The molecule has 0 radical (unpaired) electrons. The second-order valence-electron chi connectivity index (χ2n) is 12.3. The summed E-state index contributed by atoms with van der Waals surface area (Å²) in [6, 6.07) is 7.98. The number of hydrogen-bond donors (Lipinski definition) is 6. The molecule has 1 saturated heterocycles. The number of benzene rings is 2. The Morgan fingerprint density at radius 2 is 1.81 bits per heavy atom. The first-order valence-corrected chi connectivity index (χ1v) is 17.4. The third-order valence-corrected chi connectivity index (χ3v) is 9.14. The summed E-state index contributed by atoms with van der Waals surface area (Å²) in [5.74, 6) is -2.09. The Bertz CT molecular complexity index is 1920. The molecular weight excluding hydrogens is 755 g/mol. The van der Waals surface area contributed by atoms with E-state index in [0.29, 0.717) is 31.8 Å². The van der Waals surface area contributed by atoms with Gasteiger partial charge in [-0.2, -0.15) is 0 Å². The third kappa shape index (κ3) is 10.4. The molecule has 18 nitrogen and oxygen atoms in total. The normalized spacial score (nSPS) is 20.2. The molecule has 6 atom stereocenters. The van der Waals surface area contributed by atoms with Crippen molar-refractivity contribution in [2.24, 2.45) is 5.73 Å². The number of halogens is 2. The summed E-state index contributed by atoms with van der Waals surface area (Å²) in [6.45, 7) is 2.96. The zero-order valence-electron chi connectivity index (χ0n) is 29.5. The number of carboxylic acid groups (broad SMARTS) is 2. The first kappa shape index (κ1) is 42.3. The zero-order chi connectivity index (χ0) is 39.7. The van der Waals surface area contributed by atoms with Crippen LogP contribution < -0.4 is 10.5 Å². The van der Waals surface area contributed by atoms with Gasteiger partial charge in [-0.25, -0.2) is 9.78 Å². The number of imidazole rings is 1. The van der Waals surface area contributed by atoms with Gasteiger partial charge in [-0.3, -0.25) is 14.3 Å². The van der Waals surface area contributed by atoms with Crippen LogP contribution in [0.25, 0.3) is 11.0 Å². The SMILES string of the molecule is CC(=O)O.CO[C@H]1O[C@H](CO)[C@@H](O)[C@H](O)[C@H]1OC(=O)c1cc(Cl)c(OCc2nc3ccccc3n2CCCc2cn(CC[C@H](N)C(=O)O)nn2)c(Cl)c1C. The van der Waals surface area contributed by atoms with Crippen molar-refractivity contribution in [2.45, 2.75) is 89.6 Å². The molecule has 3 heterocycles. The summed E-state index contributed by atoms with van der Waals surface area (Å²) < 4.78 is 25.8. The van der Waals surface area contributed by atoms with E-state index in [-0.39, 0.29) is 39.9 Å². The van der Waals surface area contributed by atoms with E-state index in [9.17, 15) is 24.9 Å². The van der Waals surface area contributed by atoms with E-state index < -0.39 is 61.3 Å². The molecule has 1 fully saturated rings. The molecule has 4 aromatic rings. The molecule has 0 aliphatic carbocycles. The fraction of sp³-hybridized carbons (Fsp3) is 0.471. The van der Waals surface area contributed by atoms with Crippen LogP contribution in [0.2, 0.25) is 10.0 Å². The van der Waals surface area contributed by atoms with Gasteiger partial charge >= 0.3 is 11.9 Å².